The van der Waals surface area contributed by atoms with Gasteiger partial charge in [0, 0.05) is 22.3 Å². The molecule has 0 atom stereocenters. The molecule has 0 aliphatic carbocycles. The molecule has 0 spiro atoms. The number of benzene rings is 2. The molecule has 0 saturated heterocycles. The van der Waals surface area contributed by atoms with Crippen molar-refractivity contribution in [3.8, 4) is 0 Å². The molecule has 0 aliphatic rings. The number of thioether (sulfide) groups is 1. The molecule has 2 aromatic carbocycles. The maximum absolute atomic E-state index is 13.6. The number of hydrogen-bond donors (Lipinski definition) is 0. The van der Waals surface area contributed by atoms with Gasteiger partial charge in [-0.15, -0.1) is 11.8 Å². The summed E-state index contributed by atoms with van der Waals surface area (Å²) in [7, 11) is 1.25. The highest BCUT2D eigenvalue weighted by Gasteiger charge is 2.19. The molecule has 0 fully saturated rings. The maximum atomic E-state index is 13.6. The summed E-state index contributed by atoms with van der Waals surface area (Å²) in [6.07, 6.45) is -0.0118. The van der Waals surface area contributed by atoms with Gasteiger partial charge in [0.1, 0.15) is 0 Å². The summed E-state index contributed by atoms with van der Waals surface area (Å²) >= 11 is 0.977. The third-order valence-electron chi connectivity index (χ3n) is 3.11. The van der Waals surface area contributed by atoms with E-state index in [1.807, 2.05) is 0 Å². The molecular weight excluding hydrogens is 332 g/mol. The lowest BCUT2D eigenvalue weighted by molar-refractivity contribution is -0.139. The number of halogens is 4. The lowest BCUT2D eigenvalue weighted by atomic mass is 10.1. The van der Waals surface area contributed by atoms with Crippen LogP contribution in [-0.2, 0) is 21.7 Å². The molecule has 0 heterocycles. The molecule has 0 saturated carbocycles. The maximum Gasteiger partial charge on any atom is 0.310 e. The normalized spacial score (nSPS) is 10.7. The highest BCUT2D eigenvalue weighted by atomic mass is 32.2. The van der Waals surface area contributed by atoms with E-state index in [1.54, 1.807) is 24.3 Å². The summed E-state index contributed by atoms with van der Waals surface area (Å²) in [5, 5.41) is 0. The van der Waals surface area contributed by atoms with Crippen molar-refractivity contribution in [2.24, 2.45) is 0 Å². The van der Waals surface area contributed by atoms with Crippen LogP contribution in [0.5, 0.6) is 0 Å². The minimum atomic E-state index is -1.44. The Balaban J connectivity index is 2.24. The van der Waals surface area contributed by atoms with Gasteiger partial charge in [-0.1, -0.05) is 18.2 Å². The molecule has 2 rings (SSSR count). The number of rotatable bonds is 5. The van der Waals surface area contributed by atoms with Crippen LogP contribution in [0.25, 0.3) is 0 Å². The average molecular weight is 344 g/mol. The fourth-order valence-electron chi connectivity index (χ4n) is 1.92. The molecular formula is C16H12F4O2S. The molecule has 0 amide bonds. The number of hydrogen-bond acceptors (Lipinski definition) is 3. The van der Waals surface area contributed by atoms with Crippen molar-refractivity contribution in [1.82, 2.24) is 0 Å². The van der Waals surface area contributed by atoms with E-state index in [-0.39, 0.29) is 18.2 Å². The number of ether oxygens (including phenoxy) is 1. The van der Waals surface area contributed by atoms with Gasteiger partial charge >= 0.3 is 5.97 Å². The third kappa shape index (κ3) is 4.04. The third-order valence-corrected chi connectivity index (χ3v) is 4.25. The fraction of sp³-hybridized carbons (Fsp3) is 0.188. The van der Waals surface area contributed by atoms with Crippen LogP contribution in [0.15, 0.2) is 35.2 Å². The van der Waals surface area contributed by atoms with Crippen LogP contribution in [0.4, 0.5) is 17.6 Å². The SMILES string of the molecule is COC(=O)Cc1ccccc1SCc1c(F)c(F)cc(F)c1F. The van der Waals surface area contributed by atoms with Gasteiger partial charge in [-0.2, -0.15) is 0 Å². The van der Waals surface area contributed by atoms with Crippen LogP contribution in [-0.4, -0.2) is 13.1 Å². The van der Waals surface area contributed by atoms with Crippen molar-refractivity contribution < 1.29 is 27.1 Å². The average Bonchev–Trinajstić information content (AvgIpc) is 2.54. The summed E-state index contributed by atoms with van der Waals surface area (Å²) in [6.45, 7) is 0. The van der Waals surface area contributed by atoms with Gasteiger partial charge < -0.3 is 4.74 Å². The summed E-state index contributed by atoms with van der Waals surface area (Å²) in [5.74, 6) is -6.49. The summed E-state index contributed by atoms with van der Waals surface area (Å²) in [4.78, 5) is 11.9. The second-order valence-corrected chi connectivity index (χ2v) is 5.61. The molecule has 2 aromatic rings. The molecule has 0 bridgehead atoms. The molecule has 2 nitrogen and oxygen atoms in total. The first-order chi connectivity index (χ1) is 10.9. The second-order valence-electron chi connectivity index (χ2n) is 4.60. The molecule has 122 valence electrons. The van der Waals surface area contributed by atoms with E-state index in [2.05, 4.69) is 4.74 Å². The Kier molecular flexibility index (Phi) is 5.65. The quantitative estimate of drug-likeness (QED) is 0.351. The van der Waals surface area contributed by atoms with Crippen LogP contribution >= 0.6 is 11.8 Å². The van der Waals surface area contributed by atoms with Crippen molar-refractivity contribution in [3.05, 3.63) is 64.7 Å². The second kappa shape index (κ2) is 7.50. The lowest BCUT2D eigenvalue weighted by Gasteiger charge is -2.10. The van der Waals surface area contributed by atoms with E-state index < -0.39 is 34.8 Å². The van der Waals surface area contributed by atoms with Crippen molar-refractivity contribution >= 4 is 17.7 Å². The minimum absolute atomic E-state index is 0.0118. The zero-order valence-electron chi connectivity index (χ0n) is 12.0. The van der Waals surface area contributed by atoms with Gasteiger partial charge in [-0.3, -0.25) is 4.79 Å². The van der Waals surface area contributed by atoms with E-state index in [1.165, 1.54) is 7.11 Å². The topological polar surface area (TPSA) is 26.3 Å². The number of carbonyl (C=O) groups excluding carboxylic acids is 1. The van der Waals surface area contributed by atoms with Crippen LogP contribution in [0, 0.1) is 23.3 Å². The van der Waals surface area contributed by atoms with Crippen molar-refractivity contribution in [3.63, 3.8) is 0 Å². The van der Waals surface area contributed by atoms with E-state index in [0.29, 0.717) is 10.5 Å². The number of carbonyl (C=O) groups is 1. The first-order valence-electron chi connectivity index (χ1n) is 6.53. The van der Waals surface area contributed by atoms with Crippen molar-refractivity contribution in [2.45, 2.75) is 17.1 Å². The molecule has 23 heavy (non-hydrogen) atoms. The monoisotopic (exact) mass is 344 g/mol. The first kappa shape index (κ1) is 17.3. The lowest BCUT2D eigenvalue weighted by Crippen LogP contribution is -2.05. The van der Waals surface area contributed by atoms with Crippen molar-refractivity contribution in [1.29, 1.82) is 0 Å². The van der Waals surface area contributed by atoms with Crippen molar-refractivity contribution in [2.75, 3.05) is 7.11 Å². The van der Waals surface area contributed by atoms with Gasteiger partial charge in [0.25, 0.3) is 0 Å². The predicted octanol–water partition coefficient (Wildman–Crippen LogP) is 4.25. The molecule has 0 radical (unpaired) electrons. The highest BCUT2D eigenvalue weighted by molar-refractivity contribution is 7.98. The molecule has 0 N–H and O–H groups in total. The summed E-state index contributed by atoms with van der Waals surface area (Å²) in [5.41, 5.74) is -0.0811. The predicted molar refractivity (Wildman–Crippen MR) is 78.0 cm³/mol. The zero-order chi connectivity index (χ0) is 17.0. The Bertz CT molecular complexity index is 708. The van der Waals surface area contributed by atoms with E-state index in [0.717, 1.165) is 11.8 Å². The van der Waals surface area contributed by atoms with Gasteiger partial charge in [0.2, 0.25) is 0 Å². The van der Waals surface area contributed by atoms with Crippen LogP contribution in [0.2, 0.25) is 0 Å². The largest absolute Gasteiger partial charge is 0.469 e. The van der Waals surface area contributed by atoms with Crippen LogP contribution in [0.3, 0.4) is 0 Å². The van der Waals surface area contributed by atoms with E-state index >= 15 is 0 Å². The standard InChI is InChI=1S/C16H12F4O2S/c1-22-14(21)6-9-4-2-3-5-13(9)23-8-10-15(19)11(17)7-12(18)16(10)20/h2-5,7H,6,8H2,1H3. The van der Waals surface area contributed by atoms with Gasteiger partial charge in [-0.05, 0) is 11.6 Å². The molecule has 7 heteroatoms. The molecule has 0 aliphatic heterocycles. The molecule has 0 aromatic heterocycles. The van der Waals surface area contributed by atoms with Crippen LogP contribution < -0.4 is 0 Å². The Hall–Kier alpha value is -2.02. The Morgan fingerprint density at radius 1 is 1.09 bits per heavy atom. The summed E-state index contributed by atoms with van der Waals surface area (Å²) < 4.78 is 58.2. The summed E-state index contributed by atoms with van der Waals surface area (Å²) in [6, 6.07) is 6.86. The Morgan fingerprint density at radius 3 is 2.30 bits per heavy atom. The Morgan fingerprint density at radius 2 is 1.70 bits per heavy atom. The molecule has 0 unspecified atom stereocenters. The Labute approximate surface area is 134 Å². The van der Waals surface area contributed by atoms with Gasteiger partial charge in [0.05, 0.1) is 13.5 Å². The van der Waals surface area contributed by atoms with Crippen LogP contribution in [0.1, 0.15) is 11.1 Å². The first-order valence-corrected chi connectivity index (χ1v) is 7.52. The zero-order valence-corrected chi connectivity index (χ0v) is 12.9. The number of methoxy groups -OCH3 is 1. The highest BCUT2D eigenvalue weighted by Crippen LogP contribution is 2.30. The van der Waals surface area contributed by atoms with E-state index in [4.69, 9.17) is 0 Å². The van der Waals surface area contributed by atoms with Gasteiger partial charge in [0.15, 0.2) is 23.3 Å². The van der Waals surface area contributed by atoms with Gasteiger partial charge in [-0.25, -0.2) is 17.6 Å². The smallest absolute Gasteiger partial charge is 0.310 e. The fourth-order valence-corrected chi connectivity index (χ4v) is 2.97. The van der Waals surface area contributed by atoms with E-state index in [9.17, 15) is 22.4 Å². The minimum Gasteiger partial charge on any atom is -0.469 e. The number of esters is 1.